The van der Waals surface area contributed by atoms with E-state index >= 15 is 0 Å². The number of ether oxygens (including phenoxy) is 2. The highest BCUT2D eigenvalue weighted by molar-refractivity contribution is 6.04. The zero-order valence-corrected chi connectivity index (χ0v) is 13.3. The average molecular weight is 307 g/mol. The maximum atomic E-state index is 12.5. The van der Waals surface area contributed by atoms with Gasteiger partial charge in [0.25, 0.3) is 5.91 Å². The summed E-state index contributed by atoms with van der Waals surface area (Å²) >= 11 is 0. The first-order valence-corrected chi connectivity index (χ1v) is 7.21. The first kappa shape index (κ1) is 16.1. The molecule has 1 aliphatic heterocycles. The molecule has 7 nitrogen and oxygen atoms in total. The molecular formula is C15H21N3O4. The highest BCUT2D eigenvalue weighted by Crippen LogP contribution is 2.36. The van der Waals surface area contributed by atoms with Gasteiger partial charge in [-0.3, -0.25) is 14.5 Å². The molecule has 0 spiro atoms. The molecule has 0 bridgehead atoms. The molecule has 2 rings (SSSR count). The van der Waals surface area contributed by atoms with Crippen LogP contribution in [0.1, 0.15) is 34.1 Å². The minimum Gasteiger partial charge on any atom is -0.474 e. The number of nitrogens with two attached hydrogens (primary N) is 1. The van der Waals surface area contributed by atoms with E-state index in [-0.39, 0.29) is 30.2 Å². The van der Waals surface area contributed by atoms with Crippen LogP contribution >= 0.6 is 0 Å². The fourth-order valence-electron chi connectivity index (χ4n) is 2.08. The Kier molecular flexibility index (Phi) is 4.25. The van der Waals surface area contributed by atoms with E-state index in [1.807, 2.05) is 6.92 Å². The Hall–Kier alpha value is -2.31. The van der Waals surface area contributed by atoms with Crippen LogP contribution < -0.4 is 15.4 Å². The Morgan fingerprint density at radius 2 is 2.18 bits per heavy atom. The van der Waals surface area contributed by atoms with E-state index in [0.29, 0.717) is 12.2 Å². The Morgan fingerprint density at radius 1 is 1.50 bits per heavy atom. The maximum Gasteiger partial charge on any atom is 0.326 e. The summed E-state index contributed by atoms with van der Waals surface area (Å²) in [5.41, 5.74) is 4.59. The van der Waals surface area contributed by atoms with Crippen molar-refractivity contribution < 1.29 is 19.1 Å². The lowest BCUT2D eigenvalue weighted by Crippen LogP contribution is -2.54. The summed E-state index contributed by atoms with van der Waals surface area (Å²) in [7, 11) is 0. The van der Waals surface area contributed by atoms with Crippen LogP contribution in [0.2, 0.25) is 0 Å². The van der Waals surface area contributed by atoms with E-state index in [2.05, 4.69) is 4.98 Å². The maximum absolute atomic E-state index is 12.5. The van der Waals surface area contributed by atoms with Crippen LogP contribution in [0, 0.1) is 0 Å². The smallest absolute Gasteiger partial charge is 0.326 e. The van der Waals surface area contributed by atoms with Gasteiger partial charge in [-0.25, -0.2) is 4.98 Å². The number of nitrogens with zero attached hydrogens (tertiary/aromatic N) is 2. The molecule has 0 saturated heterocycles. The van der Waals surface area contributed by atoms with Crippen LogP contribution in [0.4, 0.5) is 11.6 Å². The number of hydrogen-bond acceptors (Lipinski definition) is 6. The van der Waals surface area contributed by atoms with E-state index in [4.69, 9.17) is 15.2 Å². The van der Waals surface area contributed by atoms with Gasteiger partial charge in [0.15, 0.2) is 17.2 Å². The molecule has 0 aromatic carbocycles. The Balaban J connectivity index is 2.30. The van der Waals surface area contributed by atoms with Crippen molar-refractivity contribution in [1.29, 1.82) is 0 Å². The molecule has 22 heavy (non-hydrogen) atoms. The quantitative estimate of drug-likeness (QED) is 0.847. The lowest BCUT2D eigenvalue weighted by atomic mass is 10.1. The number of hydrogen-bond donors (Lipinski definition) is 1. The van der Waals surface area contributed by atoms with Crippen LogP contribution in [0.3, 0.4) is 0 Å². The largest absolute Gasteiger partial charge is 0.474 e. The number of fused-ring (bicyclic) bond motifs is 1. The molecular weight excluding hydrogens is 286 g/mol. The predicted molar refractivity (Wildman–Crippen MR) is 81.6 cm³/mol. The van der Waals surface area contributed by atoms with Crippen molar-refractivity contribution in [2.75, 3.05) is 17.2 Å². The van der Waals surface area contributed by atoms with Crippen molar-refractivity contribution in [3.63, 3.8) is 0 Å². The normalized spacial score (nSPS) is 17.5. The van der Waals surface area contributed by atoms with Crippen LogP contribution in [-0.4, -0.2) is 35.1 Å². The second-order valence-electron chi connectivity index (χ2n) is 5.77. The van der Waals surface area contributed by atoms with Gasteiger partial charge < -0.3 is 15.2 Å². The number of anilines is 2. The number of aromatic nitrogens is 1. The van der Waals surface area contributed by atoms with Gasteiger partial charge in [0.05, 0.1) is 6.10 Å². The first-order valence-electron chi connectivity index (χ1n) is 7.21. The second-order valence-corrected chi connectivity index (χ2v) is 5.77. The van der Waals surface area contributed by atoms with Crippen molar-refractivity contribution in [3.05, 3.63) is 12.1 Å². The average Bonchev–Trinajstić information content (AvgIpc) is 2.44. The molecule has 0 radical (unpaired) electrons. The van der Waals surface area contributed by atoms with Gasteiger partial charge in [-0.1, -0.05) is 6.92 Å². The zero-order valence-electron chi connectivity index (χ0n) is 13.3. The van der Waals surface area contributed by atoms with Gasteiger partial charge >= 0.3 is 5.97 Å². The van der Waals surface area contributed by atoms with Crippen molar-refractivity contribution in [2.24, 2.45) is 0 Å². The topological polar surface area (TPSA) is 94.8 Å². The lowest BCUT2D eigenvalue weighted by molar-refractivity contribution is -0.148. The molecule has 1 unspecified atom stereocenters. The number of nitrogen functional groups attached to an aromatic ring is 1. The molecule has 7 heteroatoms. The van der Waals surface area contributed by atoms with Gasteiger partial charge in [0.2, 0.25) is 0 Å². The van der Waals surface area contributed by atoms with Gasteiger partial charge in [0.1, 0.15) is 12.4 Å². The van der Waals surface area contributed by atoms with E-state index < -0.39 is 11.6 Å². The number of amides is 1. The molecule has 0 aliphatic carbocycles. The first-order chi connectivity index (χ1) is 10.2. The number of carbonyl (C=O) groups excluding carboxylic acids is 2. The standard InChI is InChI=1S/C15H21N3O4/c1-5-9(2)21-12(19)8-18-13-10(6-7-11(16)17-13)22-15(3,4)14(18)20/h6-7,9H,5,8H2,1-4H3,(H2,16,17). The molecule has 120 valence electrons. The number of carbonyl (C=O) groups is 2. The number of pyridine rings is 1. The highest BCUT2D eigenvalue weighted by atomic mass is 16.5. The van der Waals surface area contributed by atoms with Gasteiger partial charge in [0, 0.05) is 0 Å². The van der Waals surface area contributed by atoms with Crippen LogP contribution in [-0.2, 0) is 14.3 Å². The van der Waals surface area contributed by atoms with Crippen LogP contribution in [0.25, 0.3) is 0 Å². The summed E-state index contributed by atoms with van der Waals surface area (Å²) in [6.07, 6.45) is 0.501. The third-order valence-electron chi connectivity index (χ3n) is 3.44. The van der Waals surface area contributed by atoms with Crippen LogP contribution in [0.5, 0.6) is 5.75 Å². The number of rotatable bonds is 4. The molecule has 2 heterocycles. The van der Waals surface area contributed by atoms with Crippen molar-refractivity contribution >= 4 is 23.5 Å². The molecule has 1 aromatic heterocycles. The third kappa shape index (κ3) is 3.13. The molecule has 0 fully saturated rings. The SMILES string of the molecule is CCC(C)OC(=O)CN1C(=O)C(C)(C)Oc2ccc(N)nc21. The summed E-state index contributed by atoms with van der Waals surface area (Å²) in [6.45, 7) is 6.77. The predicted octanol–water partition coefficient (Wildman–Crippen LogP) is 1.51. The second kappa shape index (κ2) is 5.82. The lowest BCUT2D eigenvalue weighted by Gasteiger charge is -2.37. The van der Waals surface area contributed by atoms with E-state index in [1.165, 1.54) is 4.90 Å². The van der Waals surface area contributed by atoms with E-state index in [9.17, 15) is 9.59 Å². The minimum atomic E-state index is -1.08. The summed E-state index contributed by atoms with van der Waals surface area (Å²) < 4.78 is 10.9. The zero-order chi connectivity index (χ0) is 16.5. The summed E-state index contributed by atoms with van der Waals surface area (Å²) in [5, 5.41) is 0. The molecule has 1 atom stereocenters. The van der Waals surface area contributed by atoms with E-state index in [1.54, 1.807) is 32.9 Å². The van der Waals surface area contributed by atoms with Crippen molar-refractivity contribution in [2.45, 2.75) is 45.8 Å². The number of esters is 1. The van der Waals surface area contributed by atoms with Gasteiger partial charge in [-0.15, -0.1) is 0 Å². The molecule has 2 N–H and O–H groups in total. The Morgan fingerprint density at radius 3 is 2.82 bits per heavy atom. The molecule has 1 aromatic rings. The Labute approximate surface area is 129 Å². The van der Waals surface area contributed by atoms with Crippen molar-refractivity contribution in [1.82, 2.24) is 4.98 Å². The molecule has 1 amide bonds. The van der Waals surface area contributed by atoms with Gasteiger partial charge in [-0.2, -0.15) is 0 Å². The summed E-state index contributed by atoms with van der Waals surface area (Å²) in [5.74, 6) is 0.0468. The molecule has 1 aliphatic rings. The monoisotopic (exact) mass is 307 g/mol. The molecule has 0 saturated carbocycles. The third-order valence-corrected chi connectivity index (χ3v) is 3.44. The minimum absolute atomic E-state index is 0.204. The Bertz CT molecular complexity index is 600. The van der Waals surface area contributed by atoms with Gasteiger partial charge in [-0.05, 0) is 39.3 Å². The highest BCUT2D eigenvalue weighted by Gasteiger charge is 2.42. The fourth-order valence-corrected chi connectivity index (χ4v) is 2.08. The fraction of sp³-hybridized carbons (Fsp3) is 0.533. The van der Waals surface area contributed by atoms with Crippen molar-refractivity contribution in [3.8, 4) is 5.75 Å². The summed E-state index contributed by atoms with van der Waals surface area (Å²) in [6, 6.07) is 3.22. The van der Waals surface area contributed by atoms with Crippen LogP contribution in [0.15, 0.2) is 12.1 Å². The van der Waals surface area contributed by atoms with E-state index in [0.717, 1.165) is 0 Å². The summed E-state index contributed by atoms with van der Waals surface area (Å²) in [4.78, 5) is 29.9.